The Labute approximate surface area is 112 Å². The summed E-state index contributed by atoms with van der Waals surface area (Å²) in [6.45, 7) is 2.52. The topological polar surface area (TPSA) is 35.0 Å². The van der Waals surface area contributed by atoms with Gasteiger partial charge in [-0.25, -0.2) is 9.97 Å². The van der Waals surface area contributed by atoms with E-state index in [1.165, 1.54) is 6.33 Å². The maximum absolute atomic E-state index is 6.37. The van der Waals surface area contributed by atoms with Crippen LogP contribution in [-0.4, -0.2) is 16.6 Å². The number of aromatic nitrogens is 2. The molecule has 0 saturated heterocycles. The van der Waals surface area contributed by atoms with Gasteiger partial charge < -0.3 is 4.74 Å². The van der Waals surface area contributed by atoms with Crippen LogP contribution in [-0.2, 0) is 6.42 Å². The maximum Gasteiger partial charge on any atom is 0.216 e. The Morgan fingerprint density at radius 3 is 2.72 bits per heavy atom. The van der Waals surface area contributed by atoms with Crippen molar-refractivity contribution < 1.29 is 4.74 Å². The van der Waals surface area contributed by atoms with Gasteiger partial charge in [0.2, 0.25) is 5.88 Å². The molecular formula is C14H15ClN2O. The van der Waals surface area contributed by atoms with Gasteiger partial charge >= 0.3 is 0 Å². The smallest absolute Gasteiger partial charge is 0.216 e. The van der Waals surface area contributed by atoms with Crippen molar-refractivity contribution in [3.05, 3.63) is 54.0 Å². The van der Waals surface area contributed by atoms with Crippen molar-refractivity contribution in [2.75, 3.05) is 6.61 Å². The van der Waals surface area contributed by atoms with E-state index in [2.05, 4.69) is 9.97 Å². The van der Waals surface area contributed by atoms with E-state index >= 15 is 0 Å². The largest absolute Gasteiger partial charge is 0.478 e. The number of nitrogens with zero attached hydrogens (tertiary/aromatic N) is 2. The van der Waals surface area contributed by atoms with Gasteiger partial charge in [-0.1, -0.05) is 30.3 Å². The van der Waals surface area contributed by atoms with Gasteiger partial charge in [-0.15, -0.1) is 11.6 Å². The van der Waals surface area contributed by atoms with Gasteiger partial charge in [0, 0.05) is 18.2 Å². The highest BCUT2D eigenvalue weighted by molar-refractivity contribution is 6.20. The average Bonchev–Trinajstić information content (AvgIpc) is 2.40. The molecule has 0 bridgehead atoms. The first-order chi connectivity index (χ1) is 8.79. The molecule has 1 atom stereocenters. The summed E-state index contributed by atoms with van der Waals surface area (Å²) in [5.74, 6) is 0.597. The van der Waals surface area contributed by atoms with E-state index < -0.39 is 0 Å². The van der Waals surface area contributed by atoms with Gasteiger partial charge in [0.05, 0.1) is 12.0 Å². The van der Waals surface area contributed by atoms with Crippen molar-refractivity contribution in [2.24, 2.45) is 0 Å². The summed E-state index contributed by atoms with van der Waals surface area (Å²) in [5, 5.41) is -0.0874. The maximum atomic E-state index is 6.37. The normalized spacial score (nSPS) is 12.1. The van der Waals surface area contributed by atoms with Crippen LogP contribution in [0.1, 0.15) is 23.6 Å². The van der Waals surface area contributed by atoms with E-state index in [1.54, 1.807) is 0 Å². The zero-order valence-electron chi connectivity index (χ0n) is 10.2. The molecule has 1 unspecified atom stereocenters. The first-order valence-corrected chi connectivity index (χ1v) is 6.36. The number of benzene rings is 1. The Morgan fingerprint density at radius 2 is 2.00 bits per heavy atom. The molecule has 0 amide bonds. The molecule has 2 rings (SSSR count). The quantitative estimate of drug-likeness (QED) is 0.775. The molecule has 0 N–H and O–H groups in total. The van der Waals surface area contributed by atoms with Crippen molar-refractivity contribution in [3.8, 4) is 5.88 Å². The fourth-order valence-corrected chi connectivity index (χ4v) is 1.98. The minimum atomic E-state index is -0.0874. The molecule has 0 aliphatic carbocycles. The highest BCUT2D eigenvalue weighted by atomic mass is 35.5. The lowest BCUT2D eigenvalue weighted by molar-refractivity contribution is 0.325. The van der Waals surface area contributed by atoms with Gasteiger partial charge in [0.15, 0.2) is 0 Å². The van der Waals surface area contributed by atoms with E-state index in [1.807, 2.05) is 43.3 Å². The Kier molecular flexibility index (Phi) is 4.53. The standard InChI is InChI=1S/C14H15ClN2O/c1-2-18-14-9-12(16-10-17-14)8-13(15)11-6-4-3-5-7-11/h3-7,9-10,13H,2,8H2,1H3. The van der Waals surface area contributed by atoms with Crippen LogP contribution in [0.15, 0.2) is 42.7 Å². The van der Waals surface area contributed by atoms with Crippen molar-refractivity contribution in [2.45, 2.75) is 18.7 Å². The molecule has 2 aromatic rings. The monoisotopic (exact) mass is 262 g/mol. The lowest BCUT2D eigenvalue weighted by Crippen LogP contribution is -2.01. The van der Waals surface area contributed by atoms with Crippen LogP contribution in [0, 0.1) is 0 Å². The zero-order chi connectivity index (χ0) is 12.8. The number of alkyl halides is 1. The van der Waals surface area contributed by atoms with E-state index in [0.717, 1.165) is 11.3 Å². The predicted octanol–water partition coefficient (Wildman–Crippen LogP) is 3.40. The zero-order valence-corrected chi connectivity index (χ0v) is 11.0. The third-order valence-electron chi connectivity index (χ3n) is 2.54. The molecule has 4 heteroatoms. The second-order valence-corrected chi connectivity index (χ2v) is 4.39. The summed E-state index contributed by atoms with van der Waals surface area (Å²) in [7, 11) is 0. The Hall–Kier alpha value is -1.61. The molecule has 18 heavy (non-hydrogen) atoms. The lowest BCUT2D eigenvalue weighted by Gasteiger charge is -2.09. The Morgan fingerprint density at radius 1 is 1.22 bits per heavy atom. The summed E-state index contributed by atoms with van der Waals surface area (Å²) < 4.78 is 5.34. The highest BCUT2D eigenvalue weighted by Gasteiger charge is 2.10. The van der Waals surface area contributed by atoms with Gasteiger partial charge in [0.1, 0.15) is 6.33 Å². The van der Waals surface area contributed by atoms with Crippen LogP contribution in [0.2, 0.25) is 0 Å². The molecule has 3 nitrogen and oxygen atoms in total. The first kappa shape index (κ1) is 12.8. The molecule has 0 radical (unpaired) electrons. The molecule has 0 fully saturated rings. The van der Waals surface area contributed by atoms with Crippen LogP contribution in [0.25, 0.3) is 0 Å². The molecule has 1 aromatic carbocycles. The van der Waals surface area contributed by atoms with Crippen molar-refractivity contribution in [1.82, 2.24) is 9.97 Å². The molecule has 0 spiro atoms. The van der Waals surface area contributed by atoms with Crippen molar-refractivity contribution in [1.29, 1.82) is 0 Å². The summed E-state index contributed by atoms with van der Waals surface area (Å²) in [4.78, 5) is 8.24. The Balaban J connectivity index is 2.07. The Bertz CT molecular complexity index is 490. The SMILES string of the molecule is CCOc1cc(CC(Cl)c2ccccc2)ncn1. The van der Waals surface area contributed by atoms with Crippen LogP contribution in [0.5, 0.6) is 5.88 Å². The average molecular weight is 263 g/mol. The van der Waals surface area contributed by atoms with Crippen molar-refractivity contribution >= 4 is 11.6 Å². The molecule has 94 valence electrons. The predicted molar refractivity (Wildman–Crippen MR) is 71.9 cm³/mol. The summed E-state index contributed by atoms with van der Waals surface area (Å²) in [6.07, 6.45) is 2.17. The van der Waals surface area contributed by atoms with Gasteiger partial charge in [-0.2, -0.15) is 0 Å². The number of hydrogen-bond acceptors (Lipinski definition) is 3. The molecule has 1 aromatic heterocycles. The van der Waals surface area contributed by atoms with Gasteiger partial charge in [-0.05, 0) is 12.5 Å². The van der Waals surface area contributed by atoms with E-state index in [0.29, 0.717) is 18.9 Å². The lowest BCUT2D eigenvalue weighted by atomic mass is 10.1. The van der Waals surface area contributed by atoms with Crippen LogP contribution < -0.4 is 4.74 Å². The van der Waals surface area contributed by atoms with Crippen LogP contribution in [0.3, 0.4) is 0 Å². The second-order valence-electron chi connectivity index (χ2n) is 3.86. The third kappa shape index (κ3) is 3.44. The summed E-state index contributed by atoms with van der Waals surface area (Å²) in [5.41, 5.74) is 1.98. The van der Waals surface area contributed by atoms with E-state index in [-0.39, 0.29) is 5.38 Å². The third-order valence-corrected chi connectivity index (χ3v) is 2.95. The first-order valence-electron chi connectivity index (χ1n) is 5.92. The summed E-state index contributed by atoms with van der Waals surface area (Å²) in [6, 6.07) is 11.8. The molecular weight excluding hydrogens is 248 g/mol. The second kappa shape index (κ2) is 6.36. The van der Waals surface area contributed by atoms with Gasteiger partial charge in [0.25, 0.3) is 0 Å². The fourth-order valence-electron chi connectivity index (χ4n) is 1.68. The molecule has 1 heterocycles. The number of hydrogen-bond donors (Lipinski definition) is 0. The van der Waals surface area contributed by atoms with Crippen LogP contribution >= 0.6 is 11.6 Å². The highest BCUT2D eigenvalue weighted by Crippen LogP contribution is 2.24. The van der Waals surface area contributed by atoms with E-state index in [4.69, 9.17) is 16.3 Å². The van der Waals surface area contributed by atoms with E-state index in [9.17, 15) is 0 Å². The number of ether oxygens (including phenoxy) is 1. The minimum Gasteiger partial charge on any atom is -0.478 e. The molecule has 0 aliphatic heterocycles. The van der Waals surface area contributed by atoms with Crippen molar-refractivity contribution in [3.63, 3.8) is 0 Å². The minimum absolute atomic E-state index is 0.0874. The molecule has 0 aliphatic rings. The number of halogens is 1. The summed E-state index contributed by atoms with van der Waals surface area (Å²) >= 11 is 6.37. The van der Waals surface area contributed by atoms with Crippen LogP contribution in [0.4, 0.5) is 0 Å². The van der Waals surface area contributed by atoms with Gasteiger partial charge in [-0.3, -0.25) is 0 Å². The number of rotatable bonds is 5. The fraction of sp³-hybridized carbons (Fsp3) is 0.286. The molecule has 0 saturated carbocycles.